The van der Waals surface area contributed by atoms with Crippen LogP contribution in [0, 0.1) is 35.5 Å². The van der Waals surface area contributed by atoms with Gasteiger partial charge in [-0.1, -0.05) is 13.2 Å². The first-order valence-electron chi connectivity index (χ1n) is 7.36. The zero-order valence-corrected chi connectivity index (χ0v) is 10.8. The molecule has 8 atom stereocenters. The molecule has 0 aromatic rings. The maximum absolute atomic E-state index is 5.74. The summed E-state index contributed by atoms with van der Waals surface area (Å²) in [7, 11) is 0. The lowest BCUT2D eigenvalue weighted by molar-refractivity contribution is -0.0223. The predicted octanol–water partition coefficient (Wildman–Crippen LogP) is 3.36. The molecule has 0 amide bonds. The molecule has 0 aromatic heterocycles. The van der Waals surface area contributed by atoms with Gasteiger partial charge in [-0.25, -0.2) is 0 Å². The molecule has 98 valence electrons. The highest BCUT2D eigenvalue weighted by molar-refractivity contribution is 5.14. The normalized spacial score (nSPS) is 55.3. The minimum absolute atomic E-state index is 0.465. The summed E-state index contributed by atoms with van der Waals surface area (Å²) in [5.41, 5.74) is 0. The average Bonchev–Trinajstić information content (AvgIpc) is 3.04. The van der Waals surface area contributed by atoms with Crippen molar-refractivity contribution in [1.29, 1.82) is 0 Å². The lowest BCUT2D eigenvalue weighted by atomic mass is 9.69. The van der Waals surface area contributed by atoms with Gasteiger partial charge in [0.15, 0.2) is 0 Å². The van der Waals surface area contributed by atoms with E-state index < -0.39 is 0 Å². The smallest absolute Gasteiger partial charge is 0.101 e. The van der Waals surface area contributed by atoms with Crippen LogP contribution in [0.5, 0.6) is 0 Å². The molecule has 4 saturated carbocycles. The molecule has 4 aliphatic rings. The quantitative estimate of drug-likeness (QED) is 0.559. The van der Waals surface area contributed by atoms with Crippen LogP contribution in [-0.4, -0.2) is 12.2 Å². The lowest BCUT2D eigenvalue weighted by Gasteiger charge is -2.40. The van der Waals surface area contributed by atoms with Crippen molar-refractivity contribution < 1.29 is 9.47 Å². The molecular formula is C16H22O2. The first-order valence-corrected chi connectivity index (χ1v) is 7.36. The number of hydrogen-bond donors (Lipinski definition) is 0. The van der Waals surface area contributed by atoms with Crippen LogP contribution in [0.25, 0.3) is 0 Å². The Labute approximate surface area is 109 Å². The van der Waals surface area contributed by atoms with E-state index in [4.69, 9.17) is 9.47 Å². The van der Waals surface area contributed by atoms with Gasteiger partial charge in [0.2, 0.25) is 0 Å². The third-order valence-corrected chi connectivity index (χ3v) is 6.24. The van der Waals surface area contributed by atoms with Crippen molar-refractivity contribution in [3.8, 4) is 0 Å². The maximum Gasteiger partial charge on any atom is 0.101 e. The molecule has 4 bridgehead atoms. The van der Waals surface area contributed by atoms with Crippen LogP contribution in [-0.2, 0) is 9.47 Å². The van der Waals surface area contributed by atoms with E-state index in [-0.39, 0.29) is 0 Å². The summed E-state index contributed by atoms with van der Waals surface area (Å²) in [6.07, 6.45) is 9.51. The van der Waals surface area contributed by atoms with Crippen molar-refractivity contribution in [1.82, 2.24) is 0 Å². The highest BCUT2D eigenvalue weighted by atomic mass is 16.5. The van der Waals surface area contributed by atoms with Crippen LogP contribution in [0.4, 0.5) is 0 Å². The summed E-state index contributed by atoms with van der Waals surface area (Å²) in [6, 6.07) is 0. The Kier molecular flexibility index (Phi) is 2.30. The van der Waals surface area contributed by atoms with Gasteiger partial charge in [-0.2, -0.15) is 0 Å². The highest BCUT2D eigenvalue weighted by Crippen LogP contribution is 2.68. The third kappa shape index (κ3) is 1.24. The number of hydrogen-bond acceptors (Lipinski definition) is 2. The molecule has 4 fully saturated rings. The zero-order valence-electron chi connectivity index (χ0n) is 10.8. The van der Waals surface area contributed by atoms with Crippen molar-refractivity contribution in [3.05, 3.63) is 25.7 Å². The van der Waals surface area contributed by atoms with E-state index in [1.165, 1.54) is 25.7 Å². The van der Waals surface area contributed by atoms with Crippen molar-refractivity contribution in [2.45, 2.75) is 37.9 Å². The van der Waals surface area contributed by atoms with Gasteiger partial charge in [0.1, 0.15) is 12.2 Å². The fourth-order valence-corrected chi connectivity index (χ4v) is 6.04. The summed E-state index contributed by atoms with van der Waals surface area (Å²) in [6.45, 7) is 7.45. The molecule has 8 unspecified atom stereocenters. The molecule has 0 heterocycles. The van der Waals surface area contributed by atoms with Crippen LogP contribution < -0.4 is 0 Å². The number of ether oxygens (including phenoxy) is 2. The molecule has 0 radical (unpaired) electrons. The summed E-state index contributed by atoms with van der Waals surface area (Å²) in [5, 5.41) is 0. The average molecular weight is 246 g/mol. The fourth-order valence-electron chi connectivity index (χ4n) is 6.04. The maximum atomic E-state index is 5.74. The standard InChI is InChI=1S/C16H22O2/c1-3-17-13-7-9-5-11(13)15-10-6-12(16(9)15)14(8-10)18-4-2/h3-4,9-16H,1-2,5-8H2. The van der Waals surface area contributed by atoms with E-state index in [1.54, 1.807) is 12.5 Å². The Morgan fingerprint density at radius 3 is 1.56 bits per heavy atom. The zero-order chi connectivity index (χ0) is 12.3. The molecule has 0 N–H and O–H groups in total. The molecule has 18 heavy (non-hydrogen) atoms. The van der Waals surface area contributed by atoms with Gasteiger partial charge in [-0.15, -0.1) is 0 Å². The Hall–Kier alpha value is -0.920. The van der Waals surface area contributed by atoms with Crippen molar-refractivity contribution in [2.75, 3.05) is 0 Å². The molecule has 2 heteroatoms. The van der Waals surface area contributed by atoms with E-state index in [9.17, 15) is 0 Å². The summed E-state index contributed by atoms with van der Waals surface area (Å²) >= 11 is 0. The second-order valence-electron chi connectivity index (χ2n) is 6.63. The third-order valence-electron chi connectivity index (χ3n) is 6.24. The lowest BCUT2D eigenvalue weighted by Crippen LogP contribution is -2.40. The van der Waals surface area contributed by atoms with Gasteiger partial charge in [-0.05, 0) is 61.2 Å². The van der Waals surface area contributed by atoms with E-state index in [0.717, 1.165) is 35.5 Å². The Bertz CT molecular complexity index is 341. The van der Waals surface area contributed by atoms with Crippen LogP contribution in [0.1, 0.15) is 25.7 Å². The Morgan fingerprint density at radius 2 is 1.17 bits per heavy atom. The molecule has 0 spiro atoms. The first kappa shape index (κ1) is 11.0. The van der Waals surface area contributed by atoms with E-state index in [2.05, 4.69) is 13.2 Å². The van der Waals surface area contributed by atoms with E-state index in [0.29, 0.717) is 12.2 Å². The van der Waals surface area contributed by atoms with Gasteiger partial charge >= 0.3 is 0 Å². The SMILES string of the molecule is C=COC1CC2CC1C1C3CC(OC=C)C(C3)C21. The van der Waals surface area contributed by atoms with Gasteiger partial charge in [0, 0.05) is 0 Å². The summed E-state index contributed by atoms with van der Waals surface area (Å²) in [4.78, 5) is 0. The Balaban J connectivity index is 1.55. The fraction of sp³-hybridized carbons (Fsp3) is 0.750. The number of fused-ring (bicyclic) bond motifs is 9. The molecule has 0 saturated heterocycles. The second kappa shape index (κ2) is 3.79. The molecule has 0 aromatic carbocycles. The van der Waals surface area contributed by atoms with Gasteiger partial charge in [-0.3, -0.25) is 0 Å². The highest BCUT2D eigenvalue weighted by Gasteiger charge is 2.65. The summed E-state index contributed by atoms with van der Waals surface area (Å²) in [5.74, 6) is 5.22. The van der Waals surface area contributed by atoms with Gasteiger partial charge in [0.05, 0.1) is 12.5 Å². The van der Waals surface area contributed by atoms with Crippen molar-refractivity contribution in [2.24, 2.45) is 35.5 Å². The van der Waals surface area contributed by atoms with Crippen LogP contribution in [0.15, 0.2) is 25.7 Å². The minimum Gasteiger partial charge on any atom is -0.498 e. The van der Waals surface area contributed by atoms with Crippen LogP contribution in [0.2, 0.25) is 0 Å². The Morgan fingerprint density at radius 1 is 0.722 bits per heavy atom. The molecule has 4 aliphatic carbocycles. The minimum atomic E-state index is 0.465. The molecule has 2 nitrogen and oxygen atoms in total. The van der Waals surface area contributed by atoms with Gasteiger partial charge < -0.3 is 9.47 Å². The van der Waals surface area contributed by atoms with Crippen molar-refractivity contribution in [3.63, 3.8) is 0 Å². The van der Waals surface area contributed by atoms with Crippen molar-refractivity contribution >= 4 is 0 Å². The van der Waals surface area contributed by atoms with Crippen LogP contribution >= 0.6 is 0 Å². The second-order valence-corrected chi connectivity index (χ2v) is 6.63. The first-order chi connectivity index (χ1) is 8.83. The topological polar surface area (TPSA) is 18.5 Å². The number of rotatable bonds is 4. The van der Waals surface area contributed by atoms with E-state index >= 15 is 0 Å². The summed E-state index contributed by atoms with van der Waals surface area (Å²) < 4.78 is 11.5. The van der Waals surface area contributed by atoms with E-state index in [1.807, 2.05) is 0 Å². The van der Waals surface area contributed by atoms with Crippen LogP contribution in [0.3, 0.4) is 0 Å². The molecular weight excluding hydrogens is 224 g/mol. The molecule has 0 aliphatic heterocycles. The predicted molar refractivity (Wildman–Crippen MR) is 69.5 cm³/mol. The largest absolute Gasteiger partial charge is 0.498 e. The van der Waals surface area contributed by atoms with Gasteiger partial charge in [0.25, 0.3) is 0 Å². The molecule has 4 rings (SSSR count). The monoisotopic (exact) mass is 246 g/mol.